The molecular weight excluding hydrogens is 340 g/mol. The van der Waals surface area contributed by atoms with Crippen LogP contribution in [0.1, 0.15) is 25.3 Å². The lowest BCUT2D eigenvalue weighted by Crippen LogP contribution is -2.13. The highest BCUT2D eigenvalue weighted by Gasteiger charge is 2.22. The number of fused-ring (bicyclic) bond motifs is 1. The molecule has 3 rings (SSSR count). The van der Waals surface area contributed by atoms with Crippen molar-refractivity contribution in [2.24, 2.45) is 0 Å². The van der Waals surface area contributed by atoms with Crippen molar-refractivity contribution in [1.82, 2.24) is 4.98 Å². The first-order chi connectivity index (χ1) is 12.0. The number of nitrogens with zero attached hydrogens (tertiary/aromatic N) is 1. The van der Waals surface area contributed by atoms with Crippen molar-refractivity contribution in [3.63, 3.8) is 0 Å². The summed E-state index contributed by atoms with van der Waals surface area (Å²) in [6.45, 7) is 2.94. The molecule has 25 heavy (non-hydrogen) atoms. The molecule has 0 spiro atoms. The van der Waals surface area contributed by atoms with E-state index < -0.39 is 10.0 Å². The van der Waals surface area contributed by atoms with Gasteiger partial charge in [-0.3, -0.25) is 9.52 Å². The van der Waals surface area contributed by atoms with E-state index in [1.165, 1.54) is 18.3 Å². The zero-order valence-corrected chi connectivity index (χ0v) is 14.7. The van der Waals surface area contributed by atoms with Gasteiger partial charge in [0.05, 0.1) is 23.2 Å². The lowest BCUT2D eigenvalue weighted by molar-refractivity contribution is -0.115. The number of hydrogen-bond donors (Lipinski definition) is 3. The predicted molar refractivity (Wildman–Crippen MR) is 97.2 cm³/mol. The summed E-state index contributed by atoms with van der Waals surface area (Å²) in [6.07, 6.45) is 3.81. The zero-order valence-electron chi connectivity index (χ0n) is 13.9. The Balaban J connectivity index is 1.71. The lowest BCUT2D eigenvalue weighted by atomic mass is 10.2. The smallest absolute Gasteiger partial charge is 0.261 e. The van der Waals surface area contributed by atoms with Gasteiger partial charge in [0.1, 0.15) is 5.82 Å². The second-order valence-corrected chi connectivity index (χ2v) is 7.54. The number of rotatable bonds is 7. The van der Waals surface area contributed by atoms with Crippen LogP contribution in [0.5, 0.6) is 0 Å². The molecule has 8 heteroatoms. The molecule has 0 bridgehead atoms. The van der Waals surface area contributed by atoms with E-state index in [1.807, 2.05) is 0 Å². The molecule has 132 valence electrons. The first kappa shape index (κ1) is 17.2. The molecule has 0 saturated heterocycles. The first-order valence-electron chi connectivity index (χ1n) is 8.13. The highest BCUT2D eigenvalue weighted by atomic mass is 32.2. The van der Waals surface area contributed by atoms with E-state index in [4.69, 9.17) is 0 Å². The Bertz CT molecular complexity index is 879. The Labute approximate surface area is 146 Å². The zero-order chi connectivity index (χ0) is 17.9. The number of aromatic nitrogens is 1. The standard InChI is InChI=1S/C17H20N4O3S/c1-2-3-8-18-16-7-4-13(11-19-16)21-25(23,24)14-5-6-15-12(9-14)10-17(22)20-15/h4-7,9,11,21H,2-3,8,10H2,1H3,(H,18,19)(H,20,22). The van der Waals surface area contributed by atoms with E-state index in [1.54, 1.807) is 18.2 Å². The SMILES string of the molecule is CCCCNc1ccc(NS(=O)(=O)c2ccc3c(c2)CC(=O)N3)cn1. The summed E-state index contributed by atoms with van der Waals surface area (Å²) >= 11 is 0. The van der Waals surface area contributed by atoms with Gasteiger partial charge >= 0.3 is 0 Å². The Hall–Kier alpha value is -2.61. The molecule has 1 aliphatic heterocycles. The number of amides is 1. The number of carbonyl (C=O) groups is 1. The van der Waals surface area contributed by atoms with Crippen LogP contribution in [0.3, 0.4) is 0 Å². The summed E-state index contributed by atoms with van der Waals surface area (Å²) in [5.41, 5.74) is 1.73. The van der Waals surface area contributed by atoms with Crippen LogP contribution in [0, 0.1) is 0 Å². The molecule has 0 fully saturated rings. The number of pyridine rings is 1. The molecule has 2 heterocycles. The van der Waals surface area contributed by atoms with Gasteiger partial charge in [-0.1, -0.05) is 13.3 Å². The molecule has 2 aromatic rings. The topological polar surface area (TPSA) is 100 Å². The van der Waals surface area contributed by atoms with Crippen LogP contribution >= 0.6 is 0 Å². The number of unbranched alkanes of at least 4 members (excludes halogenated alkanes) is 1. The van der Waals surface area contributed by atoms with E-state index in [2.05, 4.69) is 27.3 Å². The summed E-state index contributed by atoms with van der Waals surface area (Å²) in [5, 5.41) is 5.85. The second kappa shape index (κ2) is 7.10. The maximum Gasteiger partial charge on any atom is 0.261 e. The van der Waals surface area contributed by atoms with Gasteiger partial charge in [-0.05, 0) is 42.3 Å². The molecule has 0 aliphatic carbocycles. The highest BCUT2D eigenvalue weighted by Crippen LogP contribution is 2.26. The van der Waals surface area contributed by atoms with Crippen molar-refractivity contribution in [3.8, 4) is 0 Å². The Morgan fingerprint density at radius 1 is 1.24 bits per heavy atom. The van der Waals surface area contributed by atoms with Crippen molar-refractivity contribution in [2.75, 3.05) is 21.9 Å². The maximum absolute atomic E-state index is 12.5. The number of nitrogens with one attached hydrogen (secondary N) is 3. The summed E-state index contributed by atoms with van der Waals surface area (Å²) in [4.78, 5) is 15.7. The fraction of sp³-hybridized carbons (Fsp3) is 0.294. The molecule has 0 saturated carbocycles. The van der Waals surface area contributed by atoms with Crippen LogP contribution in [0.15, 0.2) is 41.4 Å². The molecule has 3 N–H and O–H groups in total. The van der Waals surface area contributed by atoms with Gasteiger partial charge in [-0.25, -0.2) is 13.4 Å². The minimum absolute atomic E-state index is 0.118. The summed E-state index contributed by atoms with van der Waals surface area (Å²) in [7, 11) is -3.74. The van der Waals surface area contributed by atoms with Crippen molar-refractivity contribution in [2.45, 2.75) is 31.1 Å². The van der Waals surface area contributed by atoms with Gasteiger partial charge in [-0.15, -0.1) is 0 Å². The Morgan fingerprint density at radius 3 is 2.80 bits per heavy atom. The van der Waals surface area contributed by atoms with Crippen LogP contribution < -0.4 is 15.4 Å². The van der Waals surface area contributed by atoms with E-state index in [0.717, 1.165) is 19.4 Å². The van der Waals surface area contributed by atoms with Crippen LogP contribution in [-0.4, -0.2) is 25.9 Å². The van der Waals surface area contributed by atoms with Gasteiger partial charge in [0, 0.05) is 12.2 Å². The summed E-state index contributed by atoms with van der Waals surface area (Å²) in [6, 6.07) is 7.99. The monoisotopic (exact) mass is 360 g/mol. The normalized spacial score (nSPS) is 13.2. The van der Waals surface area contributed by atoms with Crippen LogP contribution in [-0.2, 0) is 21.2 Å². The van der Waals surface area contributed by atoms with Crippen molar-refractivity contribution in [1.29, 1.82) is 0 Å². The molecule has 1 aromatic heterocycles. The van der Waals surface area contributed by atoms with Crippen LogP contribution in [0.25, 0.3) is 0 Å². The van der Waals surface area contributed by atoms with E-state index in [9.17, 15) is 13.2 Å². The Morgan fingerprint density at radius 2 is 2.08 bits per heavy atom. The molecule has 1 aromatic carbocycles. The lowest BCUT2D eigenvalue weighted by Gasteiger charge is -2.10. The molecule has 0 radical (unpaired) electrons. The number of carbonyl (C=O) groups excluding carboxylic acids is 1. The second-order valence-electron chi connectivity index (χ2n) is 5.86. The van der Waals surface area contributed by atoms with Gasteiger partial charge in [0.25, 0.3) is 10.0 Å². The van der Waals surface area contributed by atoms with Crippen molar-refractivity contribution in [3.05, 3.63) is 42.1 Å². The van der Waals surface area contributed by atoms with Crippen molar-refractivity contribution < 1.29 is 13.2 Å². The van der Waals surface area contributed by atoms with E-state index in [-0.39, 0.29) is 17.2 Å². The number of hydrogen-bond acceptors (Lipinski definition) is 5. The highest BCUT2D eigenvalue weighted by molar-refractivity contribution is 7.92. The average Bonchev–Trinajstić information content (AvgIpc) is 2.95. The molecule has 0 unspecified atom stereocenters. The Kier molecular flexibility index (Phi) is 4.89. The van der Waals surface area contributed by atoms with Gasteiger partial charge in [0.2, 0.25) is 5.91 Å². The summed E-state index contributed by atoms with van der Waals surface area (Å²) < 4.78 is 27.5. The third-order valence-electron chi connectivity index (χ3n) is 3.86. The maximum atomic E-state index is 12.5. The quantitative estimate of drug-likeness (QED) is 0.659. The number of benzene rings is 1. The van der Waals surface area contributed by atoms with E-state index >= 15 is 0 Å². The minimum atomic E-state index is -3.74. The molecule has 1 aliphatic rings. The first-order valence-corrected chi connectivity index (χ1v) is 9.62. The molecule has 1 amide bonds. The van der Waals surface area contributed by atoms with E-state index in [0.29, 0.717) is 22.8 Å². The van der Waals surface area contributed by atoms with Gasteiger partial charge in [-0.2, -0.15) is 0 Å². The third-order valence-corrected chi connectivity index (χ3v) is 5.24. The predicted octanol–water partition coefficient (Wildman–Crippen LogP) is 2.59. The van der Waals surface area contributed by atoms with Gasteiger partial charge < -0.3 is 10.6 Å². The largest absolute Gasteiger partial charge is 0.370 e. The average molecular weight is 360 g/mol. The fourth-order valence-electron chi connectivity index (χ4n) is 2.54. The number of sulfonamides is 1. The molecule has 7 nitrogen and oxygen atoms in total. The third kappa shape index (κ3) is 4.08. The van der Waals surface area contributed by atoms with Crippen LogP contribution in [0.4, 0.5) is 17.2 Å². The molecule has 0 atom stereocenters. The van der Waals surface area contributed by atoms with Crippen LogP contribution in [0.2, 0.25) is 0 Å². The van der Waals surface area contributed by atoms with Crippen molar-refractivity contribution >= 4 is 33.1 Å². The summed E-state index contributed by atoms with van der Waals surface area (Å²) in [5.74, 6) is 0.575. The minimum Gasteiger partial charge on any atom is -0.370 e. The van der Waals surface area contributed by atoms with Gasteiger partial charge in [0.15, 0.2) is 0 Å². The molecular formula is C17H20N4O3S. The fourth-order valence-corrected chi connectivity index (χ4v) is 3.63. The number of anilines is 3.